The Labute approximate surface area is 45.3 Å². The van der Waals surface area contributed by atoms with E-state index in [9.17, 15) is 0 Å². The Kier molecular flexibility index (Phi) is 4.64. The molecule has 0 bridgehead atoms. The number of aromatic nitrogens is 2. The summed E-state index contributed by atoms with van der Waals surface area (Å²) in [5.74, 6) is 0. The highest BCUT2D eigenvalue weighted by Crippen LogP contribution is 1.64. The second-order valence-corrected chi connectivity index (χ2v) is 0.848. The zero-order chi connectivity index (χ0) is 6.24. The standard InChI is InChI=1S/C3H4N2.HNO2/c1-2-4-5-3-1;2-1-3/h1-3H,(H,4,5);(H,2,3). The van der Waals surface area contributed by atoms with Gasteiger partial charge in [0.15, 0.2) is 5.34 Å². The maximum atomic E-state index is 8.11. The number of nitrogens with one attached hydrogen (secondary N) is 1. The number of H-pyrrole nitrogens is 1. The van der Waals surface area contributed by atoms with Gasteiger partial charge in [0.05, 0.1) is 0 Å². The van der Waals surface area contributed by atoms with Crippen LogP contribution in [-0.2, 0) is 0 Å². The van der Waals surface area contributed by atoms with Crippen LogP contribution in [0.3, 0.4) is 0 Å². The van der Waals surface area contributed by atoms with E-state index in [-0.39, 0.29) is 0 Å². The fourth-order valence-corrected chi connectivity index (χ4v) is 0.215. The van der Waals surface area contributed by atoms with Crippen LogP contribution in [0, 0.1) is 4.91 Å². The molecule has 0 unspecified atom stereocenters. The summed E-state index contributed by atoms with van der Waals surface area (Å²) < 4.78 is 0. The number of hydrogen-bond donors (Lipinski definition) is 2. The van der Waals surface area contributed by atoms with E-state index in [0.29, 0.717) is 0 Å². The largest absolute Gasteiger partial charge is 0.379 e. The van der Waals surface area contributed by atoms with Crippen molar-refractivity contribution < 1.29 is 5.21 Å². The maximum absolute atomic E-state index is 8.11. The highest BCUT2D eigenvalue weighted by atomic mass is 16.6. The van der Waals surface area contributed by atoms with Crippen molar-refractivity contribution in [3.8, 4) is 0 Å². The molecule has 1 heterocycles. The average molecular weight is 115 g/mol. The van der Waals surface area contributed by atoms with Crippen LogP contribution in [0.2, 0.25) is 0 Å². The van der Waals surface area contributed by atoms with Gasteiger partial charge in [-0.3, -0.25) is 5.10 Å². The molecule has 0 aliphatic rings. The molecular weight excluding hydrogens is 110 g/mol. The van der Waals surface area contributed by atoms with Gasteiger partial charge in [-0.15, -0.1) is 4.91 Å². The molecule has 5 heteroatoms. The predicted molar refractivity (Wildman–Crippen MR) is 26.2 cm³/mol. The van der Waals surface area contributed by atoms with Crippen molar-refractivity contribution >= 4 is 0 Å². The van der Waals surface area contributed by atoms with Crippen LogP contribution < -0.4 is 0 Å². The number of aromatic amines is 1. The lowest BCUT2D eigenvalue weighted by Gasteiger charge is -1.49. The molecule has 0 saturated carbocycles. The first-order valence-electron chi connectivity index (χ1n) is 1.82. The molecule has 0 saturated heterocycles. The summed E-state index contributed by atoms with van der Waals surface area (Å²) >= 11 is 0. The van der Waals surface area contributed by atoms with E-state index in [1.807, 2.05) is 6.07 Å². The van der Waals surface area contributed by atoms with Gasteiger partial charge >= 0.3 is 0 Å². The van der Waals surface area contributed by atoms with E-state index in [1.54, 1.807) is 12.4 Å². The molecule has 0 aliphatic heterocycles. The molecule has 1 aromatic rings. The van der Waals surface area contributed by atoms with Crippen LogP contribution in [0.4, 0.5) is 0 Å². The van der Waals surface area contributed by atoms with Crippen molar-refractivity contribution in [1.82, 2.24) is 10.2 Å². The lowest BCUT2D eigenvalue weighted by molar-refractivity contribution is 0.312. The van der Waals surface area contributed by atoms with Crippen molar-refractivity contribution in [2.45, 2.75) is 0 Å². The van der Waals surface area contributed by atoms with Gasteiger partial charge in [0.25, 0.3) is 0 Å². The minimum atomic E-state index is 1.25. The molecule has 0 aromatic carbocycles. The molecular formula is C3H5N3O2. The summed E-state index contributed by atoms with van der Waals surface area (Å²) in [6, 6.07) is 1.83. The summed E-state index contributed by atoms with van der Waals surface area (Å²) in [5, 5.41) is 14.1. The van der Waals surface area contributed by atoms with Gasteiger partial charge in [-0.25, -0.2) is 0 Å². The SMILES string of the molecule is O=NO.c1cn[nH]c1. The topological polar surface area (TPSA) is 78.3 Å². The second-order valence-electron chi connectivity index (χ2n) is 0.848. The van der Waals surface area contributed by atoms with Crippen LogP contribution in [-0.4, -0.2) is 15.4 Å². The fraction of sp³-hybridized carbons (Fsp3) is 0. The average Bonchev–Trinajstić information content (AvgIpc) is 2.17. The molecule has 2 N–H and O–H groups in total. The second kappa shape index (κ2) is 5.61. The van der Waals surface area contributed by atoms with Gasteiger partial charge in [-0.2, -0.15) is 5.10 Å². The molecule has 1 rings (SSSR count). The van der Waals surface area contributed by atoms with Crippen LogP contribution in [0.5, 0.6) is 0 Å². The van der Waals surface area contributed by atoms with Crippen molar-refractivity contribution in [3.63, 3.8) is 0 Å². The molecule has 0 spiro atoms. The van der Waals surface area contributed by atoms with Crippen molar-refractivity contribution in [1.29, 1.82) is 0 Å². The third-order valence-electron chi connectivity index (χ3n) is 0.406. The Balaban J connectivity index is 0.000000145. The summed E-state index contributed by atoms with van der Waals surface area (Å²) in [6.07, 6.45) is 3.46. The first-order chi connectivity index (χ1) is 3.91. The quantitative estimate of drug-likeness (QED) is 0.383. The van der Waals surface area contributed by atoms with Crippen molar-refractivity contribution in [2.75, 3.05) is 0 Å². The Bertz CT molecular complexity index is 98.9. The summed E-state index contributed by atoms with van der Waals surface area (Å²) in [7, 11) is 0. The van der Waals surface area contributed by atoms with Crippen LogP contribution in [0.1, 0.15) is 0 Å². The fourth-order valence-electron chi connectivity index (χ4n) is 0.215. The lowest BCUT2D eigenvalue weighted by atomic mass is 10.8. The molecule has 5 nitrogen and oxygen atoms in total. The highest BCUT2D eigenvalue weighted by molar-refractivity contribution is 4.72. The summed E-state index contributed by atoms with van der Waals surface area (Å²) in [5.41, 5.74) is 0. The van der Waals surface area contributed by atoms with Gasteiger partial charge in [0, 0.05) is 12.4 Å². The molecule has 0 aliphatic carbocycles. The molecule has 0 fully saturated rings. The molecule has 44 valence electrons. The first-order valence-corrected chi connectivity index (χ1v) is 1.82. The predicted octanol–water partition coefficient (Wildman–Crippen LogP) is 0.552. The number of rotatable bonds is 0. The molecule has 8 heavy (non-hydrogen) atoms. The van der Waals surface area contributed by atoms with E-state index in [2.05, 4.69) is 10.2 Å². The molecule has 0 radical (unpaired) electrons. The van der Waals surface area contributed by atoms with Crippen LogP contribution >= 0.6 is 0 Å². The third kappa shape index (κ3) is 4.61. The van der Waals surface area contributed by atoms with E-state index >= 15 is 0 Å². The van der Waals surface area contributed by atoms with Crippen LogP contribution in [0.25, 0.3) is 0 Å². The molecule has 1 aromatic heterocycles. The smallest absolute Gasteiger partial charge is 0.152 e. The van der Waals surface area contributed by atoms with E-state index in [1.165, 1.54) is 5.34 Å². The Morgan fingerprint density at radius 2 is 2.38 bits per heavy atom. The monoisotopic (exact) mass is 115 g/mol. The normalized spacial score (nSPS) is 6.50. The van der Waals surface area contributed by atoms with Gasteiger partial charge in [-0.05, 0) is 6.07 Å². The lowest BCUT2D eigenvalue weighted by Crippen LogP contribution is -1.53. The minimum absolute atomic E-state index is 1.25. The zero-order valence-corrected chi connectivity index (χ0v) is 3.98. The number of nitrogens with zero attached hydrogens (tertiary/aromatic N) is 2. The highest BCUT2D eigenvalue weighted by Gasteiger charge is 1.56. The van der Waals surface area contributed by atoms with Crippen molar-refractivity contribution in [3.05, 3.63) is 23.4 Å². The van der Waals surface area contributed by atoms with Gasteiger partial charge < -0.3 is 5.21 Å². The Hall–Kier alpha value is -1.39. The van der Waals surface area contributed by atoms with Crippen LogP contribution in [0.15, 0.2) is 23.8 Å². The third-order valence-corrected chi connectivity index (χ3v) is 0.406. The molecule has 0 atom stereocenters. The Morgan fingerprint density at radius 3 is 2.50 bits per heavy atom. The number of hydrogen-bond acceptors (Lipinski definition) is 3. The van der Waals surface area contributed by atoms with Crippen molar-refractivity contribution in [2.24, 2.45) is 5.34 Å². The molecule has 0 amide bonds. The van der Waals surface area contributed by atoms with Gasteiger partial charge in [0.1, 0.15) is 0 Å². The summed E-state index contributed by atoms with van der Waals surface area (Å²) in [6.45, 7) is 0. The van der Waals surface area contributed by atoms with Gasteiger partial charge in [-0.1, -0.05) is 0 Å². The van der Waals surface area contributed by atoms with E-state index < -0.39 is 0 Å². The first kappa shape index (κ1) is 6.61. The zero-order valence-electron chi connectivity index (χ0n) is 3.98. The maximum Gasteiger partial charge on any atom is 0.152 e. The Morgan fingerprint density at radius 1 is 1.75 bits per heavy atom. The van der Waals surface area contributed by atoms with Gasteiger partial charge in [0.2, 0.25) is 0 Å². The van der Waals surface area contributed by atoms with E-state index in [0.717, 1.165) is 0 Å². The minimum Gasteiger partial charge on any atom is -0.379 e. The summed E-state index contributed by atoms with van der Waals surface area (Å²) in [4.78, 5) is 8.11. The van der Waals surface area contributed by atoms with E-state index in [4.69, 9.17) is 10.1 Å².